The molecule has 0 radical (unpaired) electrons. The molecule has 0 heterocycles. The molecule has 5 fully saturated rings. The van der Waals surface area contributed by atoms with Crippen LogP contribution in [0.4, 0.5) is 0 Å². The van der Waals surface area contributed by atoms with Crippen LogP contribution < -0.4 is 0 Å². The second kappa shape index (κ2) is 2.55. The van der Waals surface area contributed by atoms with Crippen molar-refractivity contribution in [3.8, 4) is 0 Å². The van der Waals surface area contributed by atoms with Crippen molar-refractivity contribution in [2.45, 2.75) is 44.6 Å². The standard InChI is InChI=1S/C13H17NO/c15-7-14-12-6-13(12)10-2-8-1-9(4-10)5-11(13)3-8/h8-12H,1-6H2. The summed E-state index contributed by atoms with van der Waals surface area (Å²) < 4.78 is 0. The maximum Gasteiger partial charge on any atom is 0.235 e. The van der Waals surface area contributed by atoms with E-state index < -0.39 is 0 Å². The van der Waals surface area contributed by atoms with Crippen molar-refractivity contribution in [1.29, 1.82) is 0 Å². The van der Waals surface area contributed by atoms with E-state index in [0.29, 0.717) is 11.5 Å². The average molecular weight is 203 g/mol. The lowest BCUT2D eigenvalue weighted by molar-refractivity contribution is -0.0543. The predicted octanol–water partition coefficient (Wildman–Crippen LogP) is 2.54. The first-order chi connectivity index (χ1) is 7.33. The summed E-state index contributed by atoms with van der Waals surface area (Å²) in [5.41, 5.74) is 0.491. The van der Waals surface area contributed by atoms with Crippen molar-refractivity contribution >= 4 is 6.08 Å². The quantitative estimate of drug-likeness (QED) is 0.475. The summed E-state index contributed by atoms with van der Waals surface area (Å²) in [6, 6.07) is 0.366. The highest BCUT2D eigenvalue weighted by atomic mass is 16.1. The normalized spacial score (nSPS) is 59.3. The minimum Gasteiger partial charge on any atom is -0.211 e. The molecule has 0 aliphatic heterocycles. The maximum absolute atomic E-state index is 10.4. The number of rotatable bonds is 1. The van der Waals surface area contributed by atoms with Gasteiger partial charge in [0.25, 0.3) is 0 Å². The molecule has 5 aliphatic rings. The molecule has 1 atom stereocenters. The molecular formula is C13H17NO. The lowest BCUT2D eigenvalue weighted by atomic mass is 9.50. The summed E-state index contributed by atoms with van der Waals surface area (Å²) in [7, 11) is 0. The molecule has 0 amide bonds. The molecule has 4 bridgehead atoms. The Labute approximate surface area is 90.2 Å². The Bertz CT molecular complexity index is 328. The van der Waals surface area contributed by atoms with Gasteiger partial charge in [0, 0.05) is 5.41 Å². The third kappa shape index (κ3) is 0.921. The molecule has 2 nitrogen and oxygen atoms in total. The number of hydrogen-bond acceptors (Lipinski definition) is 2. The number of isocyanates is 1. The molecule has 0 saturated heterocycles. The van der Waals surface area contributed by atoms with Crippen LogP contribution in [0.2, 0.25) is 0 Å². The molecule has 2 heteroatoms. The maximum atomic E-state index is 10.4. The summed E-state index contributed by atoms with van der Waals surface area (Å²) in [4.78, 5) is 14.4. The summed E-state index contributed by atoms with van der Waals surface area (Å²) in [5.74, 6) is 3.88. The van der Waals surface area contributed by atoms with Gasteiger partial charge in [0.05, 0.1) is 6.04 Å². The van der Waals surface area contributed by atoms with Gasteiger partial charge in [-0.1, -0.05) is 0 Å². The van der Waals surface area contributed by atoms with Gasteiger partial charge in [0.1, 0.15) is 0 Å². The smallest absolute Gasteiger partial charge is 0.211 e. The summed E-state index contributed by atoms with van der Waals surface area (Å²) in [5, 5.41) is 0. The second-order valence-corrected chi connectivity index (χ2v) is 6.36. The number of aliphatic imine (C=N–C) groups is 1. The fourth-order valence-electron chi connectivity index (χ4n) is 5.44. The van der Waals surface area contributed by atoms with E-state index in [9.17, 15) is 4.79 Å². The van der Waals surface area contributed by atoms with Gasteiger partial charge in [-0.25, -0.2) is 9.79 Å². The highest BCUT2D eigenvalue weighted by Gasteiger charge is 2.68. The van der Waals surface area contributed by atoms with E-state index in [-0.39, 0.29) is 0 Å². The fraction of sp³-hybridized carbons (Fsp3) is 0.923. The van der Waals surface area contributed by atoms with Gasteiger partial charge >= 0.3 is 0 Å². The van der Waals surface area contributed by atoms with Gasteiger partial charge < -0.3 is 0 Å². The monoisotopic (exact) mass is 203 g/mol. The highest BCUT2D eigenvalue weighted by Crippen LogP contribution is 2.72. The minimum absolute atomic E-state index is 0.366. The van der Waals surface area contributed by atoms with E-state index in [1.54, 1.807) is 6.08 Å². The fourth-order valence-corrected chi connectivity index (χ4v) is 5.44. The van der Waals surface area contributed by atoms with E-state index in [1.165, 1.54) is 38.5 Å². The molecule has 0 aromatic rings. The lowest BCUT2D eigenvalue weighted by Crippen LogP contribution is -2.47. The van der Waals surface area contributed by atoms with Crippen molar-refractivity contribution < 1.29 is 4.79 Å². The molecule has 1 unspecified atom stereocenters. The Balaban J connectivity index is 1.69. The molecule has 5 rings (SSSR count). The Morgan fingerprint density at radius 2 is 1.60 bits per heavy atom. The molecule has 5 saturated carbocycles. The first kappa shape index (κ1) is 8.52. The van der Waals surface area contributed by atoms with Crippen LogP contribution in [-0.2, 0) is 4.79 Å². The lowest BCUT2D eigenvalue weighted by Gasteiger charge is -2.55. The molecule has 0 aromatic carbocycles. The van der Waals surface area contributed by atoms with Crippen LogP contribution in [0.1, 0.15) is 38.5 Å². The highest BCUT2D eigenvalue weighted by molar-refractivity contribution is 5.37. The molecule has 80 valence electrons. The Kier molecular flexibility index (Phi) is 1.45. The number of nitrogens with zero attached hydrogens (tertiary/aromatic N) is 1. The molecule has 1 spiro atoms. The van der Waals surface area contributed by atoms with E-state index >= 15 is 0 Å². The van der Waals surface area contributed by atoms with E-state index in [0.717, 1.165) is 23.7 Å². The van der Waals surface area contributed by atoms with Crippen molar-refractivity contribution in [2.75, 3.05) is 0 Å². The molecule has 15 heavy (non-hydrogen) atoms. The van der Waals surface area contributed by atoms with E-state index in [1.807, 2.05) is 0 Å². The van der Waals surface area contributed by atoms with Gasteiger partial charge in [0.15, 0.2) is 0 Å². The van der Waals surface area contributed by atoms with Crippen LogP contribution in [0, 0.1) is 29.1 Å². The Morgan fingerprint density at radius 1 is 1.00 bits per heavy atom. The van der Waals surface area contributed by atoms with Crippen LogP contribution >= 0.6 is 0 Å². The first-order valence-electron chi connectivity index (χ1n) is 6.40. The first-order valence-corrected chi connectivity index (χ1v) is 6.40. The van der Waals surface area contributed by atoms with Gasteiger partial charge in [0.2, 0.25) is 6.08 Å². The molecule has 5 aliphatic carbocycles. The topological polar surface area (TPSA) is 29.4 Å². The van der Waals surface area contributed by atoms with Gasteiger partial charge in [-0.05, 0) is 62.2 Å². The third-order valence-corrected chi connectivity index (χ3v) is 5.87. The Morgan fingerprint density at radius 3 is 2.13 bits per heavy atom. The summed E-state index contributed by atoms with van der Waals surface area (Å²) in [6.07, 6.45) is 10.3. The van der Waals surface area contributed by atoms with Crippen molar-refractivity contribution in [3.63, 3.8) is 0 Å². The van der Waals surface area contributed by atoms with Crippen LogP contribution in [0.25, 0.3) is 0 Å². The van der Waals surface area contributed by atoms with Gasteiger partial charge in [-0.2, -0.15) is 0 Å². The summed E-state index contributed by atoms with van der Waals surface area (Å²) in [6.45, 7) is 0. The molecule has 0 aromatic heterocycles. The third-order valence-electron chi connectivity index (χ3n) is 5.87. The van der Waals surface area contributed by atoms with Gasteiger partial charge in [-0.3, -0.25) is 0 Å². The average Bonchev–Trinajstić information content (AvgIpc) is 2.90. The number of hydrogen-bond donors (Lipinski definition) is 0. The zero-order chi connectivity index (χ0) is 10.0. The van der Waals surface area contributed by atoms with Gasteiger partial charge in [-0.15, -0.1) is 0 Å². The number of carbonyl (C=O) groups excluding carboxylic acids is 1. The zero-order valence-corrected chi connectivity index (χ0v) is 8.98. The van der Waals surface area contributed by atoms with Crippen LogP contribution in [-0.4, -0.2) is 12.1 Å². The van der Waals surface area contributed by atoms with Crippen LogP contribution in [0.15, 0.2) is 4.99 Å². The SMILES string of the molecule is O=C=NC1CC12C1CC3CC(C1)CC2C3. The van der Waals surface area contributed by atoms with Crippen LogP contribution in [0.5, 0.6) is 0 Å². The molecular weight excluding hydrogens is 186 g/mol. The van der Waals surface area contributed by atoms with E-state index in [2.05, 4.69) is 4.99 Å². The minimum atomic E-state index is 0.366. The Hall–Kier alpha value is -0.620. The van der Waals surface area contributed by atoms with Crippen LogP contribution in [0.3, 0.4) is 0 Å². The van der Waals surface area contributed by atoms with Crippen molar-refractivity contribution in [2.24, 2.45) is 34.1 Å². The van der Waals surface area contributed by atoms with E-state index in [4.69, 9.17) is 0 Å². The predicted molar refractivity (Wildman–Crippen MR) is 56.0 cm³/mol. The summed E-state index contributed by atoms with van der Waals surface area (Å²) >= 11 is 0. The second-order valence-electron chi connectivity index (χ2n) is 6.36. The molecule has 0 N–H and O–H groups in total. The largest absolute Gasteiger partial charge is 0.235 e. The van der Waals surface area contributed by atoms with Crippen molar-refractivity contribution in [3.05, 3.63) is 0 Å². The zero-order valence-electron chi connectivity index (χ0n) is 8.98. The van der Waals surface area contributed by atoms with Crippen molar-refractivity contribution in [1.82, 2.24) is 0 Å².